The van der Waals surface area contributed by atoms with E-state index < -0.39 is 5.69 Å². The Bertz CT molecular complexity index is 770. The highest BCUT2D eigenvalue weighted by atomic mass is 16.6. The highest BCUT2D eigenvalue weighted by molar-refractivity contribution is 5.70. The zero-order valence-electron chi connectivity index (χ0n) is 11.8. The minimum atomic E-state index is -0.438. The normalized spacial score (nSPS) is 21.6. The molecular weight excluding hydrogens is 260 g/mol. The molecule has 2 atom stereocenters. The van der Waals surface area contributed by atoms with Crippen LogP contribution < -0.4 is 11.2 Å². The maximum Gasteiger partial charge on any atom is 0.329 e. The van der Waals surface area contributed by atoms with Crippen LogP contribution in [0.1, 0.15) is 25.6 Å². The van der Waals surface area contributed by atoms with Crippen LogP contribution in [-0.2, 0) is 25.3 Å². The fourth-order valence-corrected chi connectivity index (χ4v) is 2.57. The van der Waals surface area contributed by atoms with Crippen LogP contribution in [0.5, 0.6) is 0 Å². The average Bonchev–Trinajstić information content (AvgIpc) is 2.98. The van der Waals surface area contributed by atoms with Gasteiger partial charge in [-0.2, -0.15) is 0 Å². The number of aromatic nitrogens is 4. The Balaban J connectivity index is 1.90. The highest BCUT2D eigenvalue weighted by Crippen LogP contribution is 2.26. The standard InChI is InChI=1S/C13H18N4O3/c1-7-8(20-7)5-4-6-9-14-11-10(16(9)2)12(18)15-13(19)17(11)3/h7-8H,4-6H2,1-3H3,(H,15,18,19). The summed E-state index contributed by atoms with van der Waals surface area (Å²) in [5.41, 5.74) is 0.0567. The molecule has 1 aliphatic heterocycles. The Morgan fingerprint density at radius 2 is 2.00 bits per heavy atom. The first-order chi connectivity index (χ1) is 9.49. The molecule has 7 heteroatoms. The van der Waals surface area contributed by atoms with Crippen molar-refractivity contribution in [2.24, 2.45) is 14.1 Å². The molecule has 1 aliphatic rings. The Morgan fingerprint density at radius 1 is 1.30 bits per heavy atom. The van der Waals surface area contributed by atoms with E-state index in [0.29, 0.717) is 23.4 Å². The lowest BCUT2D eigenvalue weighted by Crippen LogP contribution is -2.29. The van der Waals surface area contributed by atoms with Crippen LogP contribution in [0.4, 0.5) is 0 Å². The smallest absolute Gasteiger partial charge is 0.329 e. The van der Waals surface area contributed by atoms with Crippen LogP contribution in [-0.4, -0.2) is 31.3 Å². The van der Waals surface area contributed by atoms with Crippen LogP contribution >= 0.6 is 0 Å². The molecule has 3 rings (SSSR count). The van der Waals surface area contributed by atoms with Gasteiger partial charge in [0.1, 0.15) is 5.82 Å². The average molecular weight is 278 g/mol. The first kappa shape index (κ1) is 13.1. The van der Waals surface area contributed by atoms with Gasteiger partial charge < -0.3 is 9.30 Å². The lowest BCUT2D eigenvalue weighted by atomic mass is 10.1. The lowest BCUT2D eigenvalue weighted by molar-refractivity contribution is 0.366. The maximum absolute atomic E-state index is 11.9. The van der Waals surface area contributed by atoms with Crippen LogP contribution in [0.15, 0.2) is 9.59 Å². The third-order valence-corrected chi connectivity index (χ3v) is 3.95. The second kappa shape index (κ2) is 4.59. The molecule has 2 aromatic rings. The molecule has 108 valence electrons. The van der Waals surface area contributed by atoms with Crippen molar-refractivity contribution < 1.29 is 4.74 Å². The third-order valence-electron chi connectivity index (χ3n) is 3.95. The molecule has 0 spiro atoms. The Morgan fingerprint density at radius 3 is 2.65 bits per heavy atom. The first-order valence-electron chi connectivity index (χ1n) is 6.79. The molecule has 2 aromatic heterocycles. The van der Waals surface area contributed by atoms with Gasteiger partial charge in [-0.1, -0.05) is 0 Å². The van der Waals surface area contributed by atoms with E-state index in [1.165, 1.54) is 4.57 Å². The molecule has 0 radical (unpaired) electrons. The summed E-state index contributed by atoms with van der Waals surface area (Å²) in [7, 11) is 3.41. The van der Waals surface area contributed by atoms with E-state index in [9.17, 15) is 9.59 Å². The summed E-state index contributed by atoms with van der Waals surface area (Å²) in [6.45, 7) is 2.06. The molecule has 1 fully saturated rings. The van der Waals surface area contributed by atoms with Gasteiger partial charge in [0.2, 0.25) is 0 Å². The molecule has 0 amide bonds. The van der Waals surface area contributed by atoms with Crippen LogP contribution in [0, 0.1) is 0 Å². The fraction of sp³-hybridized carbons (Fsp3) is 0.615. The molecule has 0 aromatic carbocycles. The van der Waals surface area contributed by atoms with Gasteiger partial charge in [-0.15, -0.1) is 0 Å². The van der Waals surface area contributed by atoms with E-state index in [2.05, 4.69) is 16.9 Å². The molecule has 0 saturated carbocycles. The van der Waals surface area contributed by atoms with E-state index >= 15 is 0 Å². The van der Waals surface area contributed by atoms with Gasteiger partial charge in [-0.25, -0.2) is 9.78 Å². The summed E-state index contributed by atoms with van der Waals surface area (Å²) in [4.78, 5) is 30.2. The van der Waals surface area contributed by atoms with Crippen LogP contribution in [0.3, 0.4) is 0 Å². The van der Waals surface area contributed by atoms with Gasteiger partial charge in [0.05, 0.1) is 12.2 Å². The van der Waals surface area contributed by atoms with Crippen molar-refractivity contribution in [1.29, 1.82) is 0 Å². The van der Waals surface area contributed by atoms with Crippen molar-refractivity contribution in [2.75, 3.05) is 0 Å². The number of nitrogens with one attached hydrogen (secondary N) is 1. The number of aromatic amines is 1. The number of imidazole rings is 1. The van der Waals surface area contributed by atoms with Crippen molar-refractivity contribution in [1.82, 2.24) is 19.1 Å². The summed E-state index contributed by atoms with van der Waals surface area (Å²) < 4.78 is 8.51. The van der Waals surface area contributed by atoms with E-state index in [4.69, 9.17) is 4.74 Å². The summed E-state index contributed by atoms with van der Waals surface area (Å²) in [5, 5.41) is 0. The predicted octanol–water partition coefficient (Wildman–Crippen LogP) is 0.0703. The van der Waals surface area contributed by atoms with Crippen molar-refractivity contribution in [3.63, 3.8) is 0 Å². The molecule has 1 saturated heterocycles. The molecule has 0 aliphatic carbocycles. The third kappa shape index (κ3) is 2.07. The minimum absolute atomic E-state index is 0.373. The zero-order valence-corrected chi connectivity index (χ0v) is 11.8. The lowest BCUT2D eigenvalue weighted by Gasteiger charge is -2.00. The summed E-state index contributed by atoms with van der Waals surface area (Å²) >= 11 is 0. The van der Waals surface area contributed by atoms with Gasteiger partial charge in [-0.3, -0.25) is 14.3 Å². The molecule has 1 N–H and O–H groups in total. The molecule has 20 heavy (non-hydrogen) atoms. The minimum Gasteiger partial charge on any atom is -0.370 e. The number of rotatable bonds is 4. The second-order valence-electron chi connectivity index (χ2n) is 5.35. The van der Waals surface area contributed by atoms with Gasteiger partial charge in [0.15, 0.2) is 11.2 Å². The van der Waals surface area contributed by atoms with Crippen molar-refractivity contribution in [3.05, 3.63) is 26.7 Å². The van der Waals surface area contributed by atoms with Crippen molar-refractivity contribution in [3.8, 4) is 0 Å². The quantitative estimate of drug-likeness (QED) is 0.802. The largest absolute Gasteiger partial charge is 0.370 e. The SMILES string of the molecule is CC1OC1CCCc1nc2c(c(=O)[nH]c(=O)n2C)n1C. The Hall–Kier alpha value is -1.89. The maximum atomic E-state index is 11.9. The molecule has 2 unspecified atom stereocenters. The van der Waals surface area contributed by atoms with Gasteiger partial charge in [0.25, 0.3) is 5.56 Å². The van der Waals surface area contributed by atoms with E-state index in [1.54, 1.807) is 18.7 Å². The van der Waals surface area contributed by atoms with Crippen molar-refractivity contribution >= 4 is 11.2 Å². The zero-order chi connectivity index (χ0) is 14.4. The molecule has 0 bridgehead atoms. The number of epoxide rings is 1. The predicted molar refractivity (Wildman–Crippen MR) is 73.8 cm³/mol. The van der Waals surface area contributed by atoms with Gasteiger partial charge in [-0.05, 0) is 19.8 Å². The number of hydrogen-bond acceptors (Lipinski definition) is 4. The number of nitrogens with zero attached hydrogens (tertiary/aromatic N) is 3. The van der Waals surface area contributed by atoms with E-state index in [1.807, 2.05) is 0 Å². The molecular formula is C13H18N4O3. The van der Waals surface area contributed by atoms with E-state index in [-0.39, 0.29) is 5.56 Å². The number of hydrogen-bond donors (Lipinski definition) is 1. The Kier molecular flexibility index (Phi) is 3.01. The molecule has 3 heterocycles. The van der Waals surface area contributed by atoms with Gasteiger partial charge in [0, 0.05) is 20.5 Å². The van der Waals surface area contributed by atoms with Gasteiger partial charge >= 0.3 is 5.69 Å². The number of aryl methyl sites for hydroxylation is 3. The summed E-state index contributed by atoms with van der Waals surface area (Å²) in [6.07, 6.45) is 3.47. The number of ether oxygens (including phenoxy) is 1. The van der Waals surface area contributed by atoms with Crippen LogP contribution in [0.25, 0.3) is 11.2 Å². The highest BCUT2D eigenvalue weighted by Gasteiger charge is 2.33. The summed E-state index contributed by atoms with van der Waals surface area (Å²) in [6, 6.07) is 0. The molecule has 7 nitrogen and oxygen atoms in total. The second-order valence-corrected chi connectivity index (χ2v) is 5.35. The van der Waals surface area contributed by atoms with E-state index in [0.717, 1.165) is 25.1 Å². The fourth-order valence-electron chi connectivity index (χ4n) is 2.57. The van der Waals surface area contributed by atoms with Crippen molar-refractivity contribution in [2.45, 2.75) is 38.4 Å². The number of H-pyrrole nitrogens is 1. The number of fused-ring (bicyclic) bond motifs is 1. The monoisotopic (exact) mass is 278 g/mol. The Labute approximate surface area is 115 Å². The first-order valence-corrected chi connectivity index (χ1v) is 6.79. The topological polar surface area (TPSA) is 85.2 Å². The summed E-state index contributed by atoms with van der Waals surface area (Å²) in [5.74, 6) is 0.819. The van der Waals surface area contributed by atoms with Crippen LogP contribution in [0.2, 0.25) is 0 Å².